The zero-order valence-electron chi connectivity index (χ0n) is 16.4. The maximum Gasteiger partial charge on any atom is 0.271 e. The Morgan fingerprint density at radius 3 is 2.50 bits per heavy atom. The fraction of sp³-hybridized carbons (Fsp3) is 0. The molecule has 1 aromatic heterocycles. The minimum Gasteiger partial charge on any atom is -0.506 e. The molecule has 0 aliphatic heterocycles. The number of nitrogens with zero attached hydrogens (tertiary/aromatic N) is 2. The monoisotopic (exact) mass is 482 g/mol. The number of anilines is 2. The van der Waals surface area contributed by atoms with E-state index < -0.39 is 0 Å². The van der Waals surface area contributed by atoms with E-state index in [0.717, 1.165) is 22.1 Å². The van der Waals surface area contributed by atoms with E-state index in [1.807, 2.05) is 41.8 Å². The molecular weight excluding hydrogens is 467 g/mol. The summed E-state index contributed by atoms with van der Waals surface area (Å²) in [5.74, 6) is -0.359. The number of phenols is 1. The molecule has 3 N–H and O–H groups in total. The second-order valence-electron chi connectivity index (χ2n) is 6.66. The summed E-state index contributed by atoms with van der Waals surface area (Å²) in [5.41, 5.74) is 6.18. The second-order valence-corrected chi connectivity index (χ2v) is 8.36. The third kappa shape index (κ3) is 5.45. The molecule has 3 aromatic carbocycles. The van der Waals surface area contributed by atoms with Gasteiger partial charge in [-0.1, -0.05) is 35.3 Å². The number of phenolic OH excluding ortho intramolecular Hbond substituents is 1. The van der Waals surface area contributed by atoms with Crippen LogP contribution in [0.15, 0.2) is 77.2 Å². The smallest absolute Gasteiger partial charge is 0.271 e. The topological polar surface area (TPSA) is 86.6 Å². The van der Waals surface area contributed by atoms with E-state index >= 15 is 0 Å². The molecule has 160 valence electrons. The number of aromatic nitrogens is 1. The molecule has 6 nitrogen and oxygen atoms in total. The Kier molecular flexibility index (Phi) is 6.70. The van der Waals surface area contributed by atoms with Crippen molar-refractivity contribution in [1.82, 2.24) is 10.4 Å². The van der Waals surface area contributed by atoms with E-state index in [1.165, 1.54) is 23.6 Å². The molecule has 0 atom stereocenters. The Bertz CT molecular complexity index is 1270. The van der Waals surface area contributed by atoms with E-state index in [2.05, 4.69) is 20.8 Å². The van der Waals surface area contributed by atoms with Crippen molar-refractivity contribution in [2.75, 3.05) is 5.32 Å². The first-order chi connectivity index (χ1) is 15.5. The van der Waals surface area contributed by atoms with Gasteiger partial charge in [0.25, 0.3) is 5.91 Å². The molecule has 32 heavy (non-hydrogen) atoms. The molecule has 0 aliphatic rings. The normalized spacial score (nSPS) is 10.9. The Hall–Kier alpha value is -3.39. The predicted molar refractivity (Wildman–Crippen MR) is 130 cm³/mol. The SMILES string of the molecule is O=C(N/N=C\c1ccc(O)c(Cl)c1)c1ccc(-c2csc(Nc3ccc(Cl)cc3)n2)cc1. The highest BCUT2D eigenvalue weighted by atomic mass is 35.5. The fourth-order valence-corrected chi connectivity index (χ4v) is 3.80. The van der Waals surface area contributed by atoms with E-state index in [4.69, 9.17) is 23.2 Å². The number of thiazole rings is 1. The first-order valence-corrected chi connectivity index (χ1v) is 11.0. The lowest BCUT2D eigenvalue weighted by Gasteiger charge is -2.03. The lowest BCUT2D eigenvalue weighted by Crippen LogP contribution is -2.17. The van der Waals surface area contributed by atoms with Crippen LogP contribution in [0, 0.1) is 0 Å². The summed E-state index contributed by atoms with van der Waals surface area (Å²) in [6, 6.07) is 19.1. The van der Waals surface area contributed by atoms with Gasteiger partial charge in [0.2, 0.25) is 0 Å². The third-order valence-corrected chi connectivity index (χ3v) is 5.71. The molecule has 4 aromatic rings. The third-order valence-electron chi connectivity index (χ3n) is 4.39. The molecule has 0 fully saturated rings. The average Bonchev–Trinajstić information content (AvgIpc) is 3.26. The molecule has 1 amide bonds. The van der Waals surface area contributed by atoms with Crippen molar-refractivity contribution in [3.63, 3.8) is 0 Å². The number of aromatic hydroxyl groups is 1. The summed E-state index contributed by atoms with van der Waals surface area (Å²) >= 11 is 13.2. The van der Waals surface area contributed by atoms with Crippen LogP contribution in [0.3, 0.4) is 0 Å². The molecule has 0 bridgehead atoms. The Labute approximate surface area is 198 Å². The van der Waals surface area contributed by atoms with Gasteiger partial charge in [0.1, 0.15) is 5.75 Å². The zero-order valence-corrected chi connectivity index (χ0v) is 18.7. The van der Waals surface area contributed by atoms with Gasteiger partial charge in [-0.3, -0.25) is 4.79 Å². The first-order valence-electron chi connectivity index (χ1n) is 9.38. The summed E-state index contributed by atoms with van der Waals surface area (Å²) in [6.07, 6.45) is 1.45. The van der Waals surface area contributed by atoms with Gasteiger partial charge in [0.15, 0.2) is 5.13 Å². The zero-order chi connectivity index (χ0) is 22.5. The quantitative estimate of drug-likeness (QED) is 0.221. The maximum atomic E-state index is 12.3. The van der Waals surface area contributed by atoms with Crippen molar-refractivity contribution in [2.24, 2.45) is 5.10 Å². The van der Waals surface area contributed by atoms with Gasteiger partial charge in [-0.25, -0.2) is 10.4 Å². The van der Waals surface area contributed by atoms with Gasteiger partial charge in [-0.2, -0.15) is 5.10 Å². The van der Waals surface area contributed by atoms with Crippen molar-refractivity contribution in [3.05, 3.63) is 93.3 Å². The summed E-state index contributed by atoms with van der Waals surface area (Å²) in [4.78, 5) is 16.9. The van der Waals surface area contributed by atoms with Gasteiger partial charge < -0.3 is 10.4 Å². The van der Waals surface area contributed by atoms with Gasteiger partial charge in [0.05, 0.1) is 16.9 Å². The van der Waals surface area contributed by atoms with Gasteiger partial charge in [0, 0.05) is 27.2 Å². The number of nitrogens with one attached hydrogen (secondary N) is 2. The lowest BCUT2D eigenvalue weighted by atomic mass is 10.1. The van der Waals surface area contributed by atoms with Crippen LogP contribution < -0.4 is 10.7 Å². The molecule has 0 saturated heterocycles. The standard InChI is InChI=1S/C23H16Cl2N4O2S/c24-17-6-8-18(9-7-17)27-23-28-20(13-32-23)15-2-4-16(5-3-15)22(31)29-26-12-14-1-10-21(30)19(25)11-14/h1-13,30H,(H,27,28)(H,29,31)/b26-12-. The Balaban J connectivity index is 1.37. The van der Waals surface area contributed by atoms with Crippen molar-refractivity contribution in [3.8, 4) is 17.0 Å². The minimum absolute atomic E-state index is 0.0130. The summed E-state index contributed by atoms with van der Waals surface area (Å²) < 4.78 is 0. The molecule has 4 rings (SSSR count). The van der Waals surface area contributed by atoms with Gasteiger partial charge in [-0.15, -0.1) is 11.3 Å². The minimum atomic E-state index is -0.346. The van der Waals surface area contributed by atoms with Crippen LogP contribution >= 0.6 is 34.5 Å². The van der Waals surface area contributed by atoms with Crippen molar-refractivity contribution < 1.29 is 9.90 Å². The maximum absolute atomic E-state index is 12.3. The fourth-order valence-electron chi connectivity index (χ4n) is 2.75. The number of rotatable bonds is 6. The van der Waals surface area contributed by atoms with Crippen LogP contribution in [-0.2, 0) is 0 Å². The van der Waals surface area contributed by atoms with Gasteiger partial charge in [-0.05, 0) is 60.2 Å². The number of halogens is 2. The molecule has 0 radical (unpaired) electrons. The van der Waals surface area contributed by atoms with Crippen molar-refractivity contribution >= 4 is 57.5 Å². The summed E-state index contributed by atoms with van der Waals surface area (Å²) in [5, 5.41) is 20.2. The Morgan fingerprint density at radius 1 is 1.03 bits per heavy atom. The first kappa shape index (κ1) is 21.8. The molecule has 1 heterocycles. The summed E-state index contributed by atoms with van der Waals surface area (Å²) in [7, 11) is 0. The van der Waals surface area contributed by atoms with Crippen LogP contribution in [0.2, 0.25) is 10.0 Å². The van der Waals surface area contributed by atoms with E-state index in [0.29, 0.717) is 16.1 Å². The van der Waals surface area contributed by atoms with Crippen LogP contribution in [0.25, 0.3) is 11.3 Å². The number of carbonyl (C=O) groups excluding carboxylic acids is 1. The molecule has 0 saturated carbocycles. The number of amides is 1. The highest BCUT2D eigenvalue weighted by Gasteiger charge is 2.08. The van der Waals surface area contributed by atoms with Crippen molar-refractivity contribution in [1.29, 1.82) is 0 Å². The highest BCUT2D eigenvalue weighted by Crippen LogP contribution is 2.28. The van der Waals surface area contributed by atoms with Crippen LogP contribution in [0.4, 0.5) is 10.8 Å². The van der Waals surface area contributed by atoms with E-state index in [9.17, 15) is 9.90 Å². The lowest BCUT2D eigenvalue weighted by molar-refractivity contribution is 0.0955. The van der Waals surface area contributed by atoms with Gasteiger partial charge >= 0.3 is 0 Å². The predicted octanol–water partition coefficient (Wildman–Crippen LogP) is 6.33. The van der Waals surface area contributed by atoms with Crippen molar-refractivity contribution in [2.45, 2.75) is 0 Å². The number of hydrogen-bond donors (Lipinski definition) is 3. The molecule has 9 heteroatoms. The average molecular weight is 483 g/mol. The van der Waals surface area contributed by atoms with Crippen LogP contribution in [-0.4, -0.2) is 22.2 Å². The molecular formula is C23H16Cl2N4O2S. The largest absolute Gasteiger partial charge is 0.506 e. The van der Waals surface area contributed by atoms with E-state index in [-0.39, 0.29) is 16.7 Å². The number of carbonyl (C=O) groups is 1. The molecule has 0 unspecified atom stereocenters. The number of benzene rings is 3. The highest BCUT2D eigenvalue weighted by molar-refractivity contribution is 7.14. The number of hydrogen-bond acceptors (Lipinski definition) is 6. The Morgan fingerprint density at radius 2 is 1.78 bits per heavy atom. The van der Waals surface area contributed by atoms with Crippen LogP contribution in [0.5, 0.6) is 5.75 Å². The summed E-state index contributed by atoms with van der Waals surface area (Å²) in [6.45, 7) is 0. The van der Waals surface area contributed by atoms with E-state index in [1.54, 1.807) is 24.3 Å². The van der Waals surface area contributed by atoms with Crippen LogP contribution in [0.1, 0.15) is 15.9 Å². The number of hydrazone groups is 1. The second kappa shape index (κ2) is 9.82. The molecule has 0 spiro atoms. The molecule has 0 aliphatic carbocycles.